The molecule has 0 aliphatic carbocycles. The van der Waals surface area contributed by atoms with E-state index in [4.69, 9.17) is 16.7 Å². The average molecular weight is 404 g/mol. The van der Waals surface area contributed by atoms with Crippen molar-refractivity contribution in [2.45, 2.75) is 26.8 Å². The minimum absolute atomic E-state index is 0.118. The number of carbonyl (C=O) groups excluding carboxylic acids is 1. The van der Waals surface area contributed by atoms with E-state index in [0.29, 0.717) is 5.02 Å². The highest BCUT2D eigenvalue weighted by atomic mass is 35.5. The van der Waals surface area contributed by atoms with Gasteiger partial charge in [-0.05, 0) is 62.2 Å². The highest BCUT2D eigenvalue weighted by Gasteiger charge is 2.21. The third-order valence-electron chi connectivity index (χ3n) is 5.24. The lowest BCUT2D eigenvalue weighted by Crippen LogP contribution is -2.24. The lowest BCUT2D eigenvalue weighted by molar-refractivity contribution is -0.118. The van der Waals surface area contributed by atoms with Crippen LogP contribution in [-0.2, 0) is 4.79 Å². The van der Waals surface area contributed by atoms with Gasteiger partial charge in [0.25, 0.3) is 0 Å². The maximum atomic E-state index is 13.0. The Hall–Kier alpha value is -3.11. The second kappa shape index (κ2) is 7.72. The van der Waals surface area contributed by atoms with Crippen LogP contribution in [0.5, 0.6) is 0 Å². The van der Waals surface area contributed by atoms with Gasteiger partial charge in [0.05, 0.1) is 5.52 Å². The molecule has 0 fully saturated rings. The van der Waals surface area contributed by atoms with Crippen molar-refractivity contribution in [1.82, 2.24) is 9.78 Å². The van der Waals surface area contributed by atoms with Crippen molar-refractivity contribution in [3.8, 4) is 11.3 Å². The summed E-state index contributed by atoms with van der Waals surface area (Å²) in [4.78, 5) is 13.0. The molecule has 3 aromatic carbocycles. The van der Waals surface area contributed by atoms with Crippen LogP contribution in [0.1, 0.15) is 24.1 Å². The molecule has 1 amide bonds. The molecule has 0 saturated carbocycles. The van der Waals surface area contributed by atoms with Gasteiger partial charge in [-0.15, -0.1) is 0 Å². The molecule has 4 aromatic rings. The number of aromatic nitrogens is 2. The van der Waals surface area contributed by atoms with Crippen molar-refractivity contribution in [3.05, 3.63) is 82.9 Å². The van der Waals surface area contributed by atoms with Crippen LogP contribution in [0.25, 0.3) is 22.2 Å². The Morgan fingerprint density at radius 3 is 2.48 bits per heavy atom. The maximum absolute atomic E-state index is 13.0. The summed E-state index contributed by atoms with van der Waals surface area (Å²) in [5, 5.41) is 9.37. The zero-order valence-electron chi connectivity index (χ0n) is 16.6. The van der Waals surface area contributed by atoms with Crippen molar-refractivity contribution in [1.29, 1.82) is 0 Å². The Kier molecular flexibility index (Phi) is 5.12. The van der Waals surface area contributed by atoms with Gasteiger partial charge >= 0.3 is 0 Å². The highest BCUT2D eigenvalue weighted by molar-refractivity contribution is 6.31. The molecule has 1 atom stereocenters. The maximum Gasteiger partial charge on any atom is 0.248 e. The van der Waals surface area contributed by atoms with E-state index in [-0.39, 0.29) is 5.91 Å². The summed E-state index contributed by atoms with van der Waals surface area (Å²) in [5.41, 5.74) is 5.79. The smallest absolute Gasteiger partial charge is 0.248 e. The van der Waals surface area contributed by atoms with Gasteiger partial charge < -0.3 is 5.32 Å². The Bertz CT molecular complexity index is 1200. The van der Waals surface area contributed by atoms with Gasteiger partial charge in [-0.1, -0.05) is 48.0 Å². The van der Waals surface area contributed by atoms with Crippen LogP contribution in [0, 0.1) is 13.8 Å². The summed E-state index contributed by atoms with van der Waals surface area (Å²) in [5.74, 6) is -0.118. The molecular formula is C24H22ClN3O. The number of hydrogen-bond acceptors (Lipinski definition) is 2. The molecule has 29 heavy (non-hydrogen) atoms. The normalized spacial score (nSPS) is 12.1. The molecule has 0 unspecified atom stereocenters. The summed E-state index contributed by atoms with van der Waals surface area (Å²) < 4.78 is 1.77. The Morgan fingerprint density at radius 1 is 1.00 bits per heavy atom. The minimum atomic E-state index is -0.488. The summed E-state index contributed by atoms with van der Waals surface area (Å²) in [6, 6.07) is 21.0. The molecule has 0 saturated heterocycles. The number of nitrogens with one attached hydrogen (secondary N) is 1. The fraction of sp³-hybridized carbons (Fsp3) is 0.167. The molecule has 1 N–H and O–H groups in total. The summed E-state index contributed by atoms with van der Waals surface area (Å²) >= 11 is 6.25. The molecule has 0 aliphatic heterocycles. The third kappa shape index (κ3) is 3.76. The van der Waals surface area contributed by atoms with Crippen LogP contribution < -0.4 is 5.32 Å². The van der Waals surface area contributed by atoms with Crippen LogP contribution in [0.3, 0.4) is 0 Å². The van der Waals surface area contributed by atoms with E-state index in [2.05, 4.69) is 12.2 Å². The number of benzene rings is 3. The molecule has 0 spiro atoms. The van der Waals surface area contributed by atoms with Gasteiger partial charge in [-0.2, -0.15) is 5.10 Å². The van der Waals surface area contributed by atoms with Gasteiger partial charge in [-0.3, -0.25) is 9.48 Å². The van der Waals surface area contributed by atoms with Crippen LogP contribution in [0.2, 0.25) is 5.02 Å². The number of fused-ring (bicyclic) bond motifs is 1. The molecular weight excluding hydrogens is 382 g/mol. The number of halogens is 1. The van der Waals surface area contributed by atoms with E-state index in [1.807, 2.05) is 80.6 Å². The first-order chi connectivity index (χ1) is 13.9. The first kappa shape index (κ1) is 19.2. The van der Waals surface area contributed by atoms with Crippen molar-refractivity contribution in [3.63, 3.8) is 0 Å². The van der Waals surface area contributed by atoms with E-state index in [1.165, 1.54) is 5.56 Å². The Labute approximate surface area is 175 Å². The molecule has 0 aliphatic rings. The lowest BCUT2D eigenvalue weighted by atomic mass is 10.1. The number of aryl methyl sites for hydroxylation is 2. The van der Waals surface area contributed by atoms with Crippen LogP contribution in [0.4, 0.5) is 5.69 Å². The minimum Gasteiger partial charge on any atom is -0.324 e. The Morgan fingerprint density at radius 2 is 1.76 bits per heavy atom. The van der Waals surface area contributed by atoms with Gasteiger partial charge in [0, 0.05) is 21.7 Å². The van der Waals surface area contributed by atoms with Crippen molar-refractivity contribution in [2.75, 3.05) is 5.32 Å². The standard InChI is InChI=1S/C24H22ClN3O/c1-15-9-11-20(13-16(15)2)26-24(29)17(3)28-22-12-10-19(25)14-21(22)23(27-28)18-7-5-4-6-8-18/h4-14,17H,1-3H3,(H,26,29)/t17-/m1/s1. The second-order valence-electron chi connectivity index (χ2n) is 7.28. The predicted molar refractivity (Wildman–Crippen MR) is 119 cm³/mol. The van der Waals surface area contributed by atoms with Crippen LogP contribution >= 0.6 is 11.6 Å². The van der Waals surface area contributed by atoms with Gasteiger partial charge in [0.2, 0.25) is 5.91 Å². The van der Waals surface area contributed by atoms with Gasteiger partial charge in [0.1, 0.15) is 11.7 Å². The number of amides is 1. The van der Waals surface area contributed by atoms with Crippen molar-refractivity contribution < 1.29 is 4.79 Å². The predicted octanol–water partition coefficient (Wildman–Crippen LogP) is 6.17. The van der Waals surface area contributed by atoms with Gasteiger partial charge in [-0.25, -0.2) is 0 Å². The van der Waals surface area contributed by atoms with E-state index >= 15 is 0 Å². The molecule has 1 heterocycles. The molecule has 1 aromatic heterocycles. The number of carbonyl (C=O) groups is 1. The number of nitrogens with zero attached hydrogens (tertiary/aromatic N) is 2. The van der Waals surface area contributed by atoms with E-state index in [1.54, 1.807) is 4.68 Å². The van der Waals surface area contributed by atoms with Crippen LogP contribution in [0.15, 0.2) is 66.7 Å². The van der Waals surface area contributed by atoms with Gasteiger partial charge in [0.15, 0.2) is 0 Å². The molecule has 4 rings (SSSR count). The average Bonchev–Trinajstić information content (AvgIpc) is 3.09. The summed E-state index contributed by atoms with van der Waals surface area (Å²) in [6.45, 7) is 5.94. The van der Waals surface area contributed by atoms with Crippen LogP contribution in [-0.4, -0.2) is 15.7 Å². The number of hydrogen-bond donors (Lipinski definition) is 1. The lowest BCUT2D eigenvalue weighted by Gasteiger charge is -2.15. The van der Waals surface area contributed by atoms with E-state index in [9.17, 15) is 4.79 Å². The van der Waals surface area contributed by atoms with Crippen molar-refractivity contribution in [2.24, 2.45) is 0 Å². The second-order valence-corrected chi connectivity index (χ2v) is 7.72. The zero-order chi connectivity index (χ0) is 20.5. The topological polar surface area (TPSA) is 46.9 Å². The summed E-state index contributed by atoms with van der Waals surface area (Å²) in [7, 11) is 0. The molecule has 5 heteroatoms. The molecule has 0 bridgehead atoms. The monoisotopic (exact) mass is 403 g/mol. The number of anilines is 1. The van der Waals surface area contributed by atoms with E-state index in [0.717, 1.165) is 33.4 Å². The molecule has 146 valence electrons. The fourth-order valence-electron chi connectivity index (χ4n) is 3.39. The SMILES string of the molecule is Cc1ccc(NC(=O)[C@@H](C)n2nc(-c3ccccc3)c3cc(Cl)ccc32)cc1C. The zero-order valence-corrected chi connectivity index (χ0v) is 17.4. The molecule has 0 radical (unpaired) electrons. The quantitative estimate of drug-likeness (QED) is 0.442. The Balaban J connectivity index is 1.73. The van der Waals surface area contributed by atoms with E-state index < -0.39 is 6.04 Å². The van der Waals surface area contributed by atoms with Crippen molar-refractivity contribution >= 4 is 34.1 Å². The largest absolute Gasteiger partial charge is 0.324 e. The molecule has 4 nitrogen and oxygen atoms in total. The highest BCUT2D eigenvalue weighted by Crippen LogP contribution is 2.32. The first-order valence-electron chi connectivity index (χ1n) is 9.55. The number of rotatable bonds is 4. The first-order valence-corrected chi connectivity index (χ1v) is 9.93. The summed E-state index contributed by atoms with van der Waals surface area (Å²) in [6.07, 6.45) is 0. The third-order valence-corrected chi connectivity index (χ3v) is 5.47. The fourth-order valence-corrected chi connectivity index (χ4v) is 3.57.